The summed E-state index contributed by atoms with van der Waals surface area (Å²) in [6.45, 7) is 1.85. The maximum atomic E-state index is 12.3. The Hall–Kier alpha value is -2.27. The third-order valence-corrected chi connectivity index (χ3v) is 3.76. The van der Waals surface area contributed by atoms with Crippen molar-refractivity contribution in [3.63, 3.8) is 0 Å². The van der Waals surface area contributed by atoms with E-state index in [2.05, 4.69) is 25.9 Å². The molecule has 2 aromatic heterocycles. The zero-order chi connectivity index (χ0) is 15.0. The second kappa shape index (κ2) is 5.26. The van der Waals surface area contributed by atoms with Gasteiger partial charge in [-0.15, -0.1) is 0 Å². The molecule has 21 heavy (non-hydrogen) atoms. The van der Waals surface area contributed by atoms with Crippen LogP contribution in [0, 0.1) is 6.92 Å². The molecule has 0 saturated carbocycles. The van der Waals surface area contributed by atoms with Crippen molar-refractivity contribution in [2.24, 2.45) is 0 Å². The second-order valence-corrected chi connectivity index (χ2v) is 5.57. The largest absolute Gasteiger partial charge is 0.503 e. The van der Waals surface area contributed by atoms with Crippen molar-refractivity contribution in [3.05, 3.63) is 62.9 Å². The summed E-state index contributed by atoms with van der Waals surface area (Å²) in [6.07, 6.45) is 1.65. The lowest BCUT2D eigenvalue weighted by molar-refractivity contribution is 0.468. The lowest BCUT2D eigenvalue weighted by Crippen LogP contribution is -2.02. The van der Waals surface area contributed by atoms with E-state index >= 15 is 0 Å². The molecule has 0 aliphatic carbocycles. The van der Waals surface area contributed by atoms with E-state index in [9.17, 15) is 9.90 Å². The van der Waals surface area contributed by atoms with Gasteiger partial charge in [0.05, 0.1) is 15.7 Å². The van der Waals surface area contributed by atoms with Crippen molar-refractivity contribution < 1.29 is 5.11 Å². The van der Waals surface area contributed by atoms with Gasteiger partial charge in [-0.05, 0) is 64.8 Å². The van der Waals surface area contributed by atoms with Crippen LogP contribution in [0.4, 0.5) is 0 Å². The number of fused-ring (bicyclic) bond motifs is 1. The number of hydrogen-bond acceptors (Lipinski definition) is 4. The SMILES string of the molecule is Cc1cc(Br)c(O)c(=O)c(-c2ccc3cccnc3n2)c1. The van der Waals surface area contributed by atoms with Crippen LogP contribution in [0.25, 0.3) is 22.3 Å². The van der Waals surface area contributed by atoms with E-state index in [-0.39, 0.29) is 5.75 Å². The van der Waals surface area contributed by atoms with Gasteiger partial charge >= 0.3 is 0 Å². The van der Waals surface area contributed by atoms with E-state index in [0.29, 0.717) is 21.4 Å². The highest BCUT2D eigenvalue weighted by molar-refractivity contribution is 9.10. The number of aryl methyl sites for hydroxylation is 1. The standard InChI is InChI=1S/C16H11BrN2O2/c1-9-7-11(14(20)15(21)12(17)8-9)13-5-4-10-3-2-6-18-16(10)19-13/h2-8H,1H3,(H,20,21). The van der Waals surface area contributed by atoms with Crippen molar-refractivity contribution in [1.29, 1.82) is 0 Å². The smallest absolute Gasteiger partial charge is 0.230 e. The lowest BCUT2D eigenvalue weighted by Gasteiger charge is -2.01. The van der Waals surface area contributed by atoms with Crippen LogP contribution < -0.4 is 5.43 Å². The van der Waals surface area contributed by atoms with Gasteiger partial charge in [0.1, 0.15) is 0 Å². The van der Waals surface area contributed by atoms with Gasteiger partial charge in [-0.2, -0.15) is 0 Å². The molecule has 0 bridgehead atoms. The molecule has 0 spiro atoms. The van der Waals surface area contributed by atoms with Gasteiger partial charge in [-0.1, -0.05) is 0 Å². The Labute approximate surface area is 129 Å². The van der Waals surface area contributed by atoms with Gasteiger partial charge in [-0.25, -0.2) is 9.97 Å². The third kappa shape index (κ3) is 2.52. The molecule has 4 nitrogen and oxygen atoms in total. The summed E-state index contributed by atoms with van der Waals surface area (Å²) in [5.74, 6) is -0.319. The van der Waals surface area contributed by atoms with E-state index in [4.69, 9.17) is 0 Å². The highest BCUT2D eigenvalue weighted by atomic mass is 79.9. The van der Waals surface area contributed by atoms with Gasteiger partial charge in [0.15, 0.2) is 11.4 Å². The first-order chi connectivity index (χ1) is 10.1. The van der Waals surface area contributed by atoms with Crippen LogP contribution in [0.2, 0.25) is 0 Å². The molecule has 3 rings (SSSR count). The average Bonchev–Trinajstić information content (AvgIpc) is 2.59. The van der Waals surface area contributed by atoms with E-state index in [1.807, 2.05) is 25.1 Å². The molecule has 0 aliphatic heterocycles. The average molecular weight is 343 g/mol. The lowest BCUT2D eigenvalue weighted by atomic mass is 10.1. The van der Waals surface area contributed by atoms with Crippen LogP contribution in [0.3, 0.4) is 0 Å². The molecular formula is C16H11BrN2O2. The van der Waals surface area contributed by atoms with Crippen molar-refractivity contribution in [2.45, 2.75) is 6.92 Å². The highest BCUT2D eigenvalue weighted by Gasteiger charge is 2.11. The summed E-state index contributed by atoms with van der Waals surface area (Å²) >= 11 is 3.19. The Balaban J connectivity index is 2.33. The summed E-state index contributed by atoms with van der Waals surface area (Å²) < 4.78 is 0.371. The van der Waals surface area contributed by atoms with Crippen LogP contribution in [0.1, 0.15) is 5.56 Å². The minimum Gasteiger partial charge on any atom is -0.503 e. The van der Waals surface area contributed by atoms with Gasteiger partial charge < -0.3 is 5.11 Å². The van der Waals surface area contributed by atoms with Crippen LogP contribution in [0.15, 0.2) is 51.9 Å². The van der Waals surface area contributed by atoms with Crippen molar-refractivity contribution in [1.82, 2.24) is 9.97 Å². The maximum absolute atomic E-state index is 12.3. The molecule has 0 unspecified atom stereocenters. The summed E-state index contributed by atoms with van der Waals surface area (Å²) in [4.78, 5) is 20.9. The molecule has 104 valence electrons. The van der Waals surface area contributed by atoms with E-state index < -0.39 is 5.43 Å². The molecule has 0 saturated heterocycles. The first kappa shape index (κ1) is 13.7. The molecule has 1 N–H and O–H groups in total. The summed E-state index contributed by atoms with van der Waals surface area (Å²) in [7, 11) is 0. The summed E-state index contributed by atoms with van der Waals surface area (Å²) in [5, 5.41) is 10.8. The number of aromatic nitrogens is 2. The molecule has 2 heterocycles. The summed E-state index contributed by atoms with van der Waals surface area (Å²) in [5.41, 5.74) is 1.79. The molecule has 1 aromatic carbocycles. The number of pyridine rings is 2. The molecule has 0 amide bonds. The Morgan fingerprint density at radius 2 is 2.00 bits per heavy atom. The fourth-order valence-corrected chi connectivity index (χ4v) is 2.67. The first-order valence-corrected chi connectivity index (χ1v) is 7.11. The van der Waals surface area contributed by atoms with E-state index in [1.54, 1.807) is 24.4 Å². The quantitative estimate of drug-likeness (QED) is 0.735. The number of rotatable bonds is 1. The topological polar surface area (TPSA) is 63.1 Å². The molecule has 0 fully saturated rings. The van der Waals surface area contributed by atoms with Crippen LogP contribution in [-0.2, 0) is 0 Å². The Morgan fingerprint density at radius 3 is 2.81 bits per heavy atom. The zero-order valence-corrected chi connectivity index (χ0v) is 12.8. The summed E-state index contributed by atoms with van der Waals surface area (Å²) in [6, 6.07) is 10.8. The van der Waals surface area contributed by atoms with Crippen LogP contribution >= 0.6 is 15.9 Å². The minimum absolute atomic E-state index is 0.319. The number of nitrogens with zero attached hydrogens (tertiary/aromatic N) is 2. The van der Waals surface area contributed by atoms with Gasteiger partial charge in [0.2, 0.25) is 5.43 Å². The van der Waals surface area contributed by atoms with Crippen LogP contribution in [-0.4, -0.2) is 15.1 Å². The van der Waals surface area contributed by atoms with E-state index in [0.717, 1.165) is 10.9 Å². The molecule has 0 atom stereocenters. The maximum Gasteiger partial charge on any atom is 0.230 e. The normalized spacial score (nSPS) is 10.8. The number of halogens is 1. The monoisotopic (exact) mass is 342 g/mol. The second-order valence-electron chi connectivity index (χ2n) is 4.72. The Bertz CT molecular complexity index is 910. The van der Waals surface area contributed by atoms with Crippen molar-refractivity contribution in [2.75, 3.05) is 0 Å². The molecule has 0 radical (unpaired) electrons. The molecular weight excluding hydrogens is 332 g/mol. The fourth-order valence-electron chi connectivity index (χ4n) is 2.13. The highest BCUT2D eigenvalue weighted by Crippen LogP contribution is 2.24. The third-order valence-electron chi connectivity index (χ3n) is 3.15. The predicted molar refractivity (Wildman–Crippen MR) is 85.3 cm³/mol. The van der Waals surface area contributed by atoms with Crippen molar-refractivity contribution in [3.8, 4) is 17.0 Å². The number of hydrogen-bond donors (Lipinski definition) is 1. The predicted octanol–water partition coefficient (Wildman–Crippen LogP) is 3.43. The Morgan fingerprint density at radius 1 is 1.19 bits per heavy atom. The van der Waals surface area contributed by atoms with Gasteiger partial charge in [-0.3, -0.25) is 4.79 Å². The van der Waals surface area contributed by atoms with Gasteiger partial charge in [0.25, 0.3) is 0 Å². The number of aromatic hydroxyl groups is 1. The van der Waals surface area contributed by atoms with Crippen LogP contribution in [0.5, 0.6) is 5.75 Å². The molecule has 5 heteroatoms. The molecule has 0 aliphatic rings. The van der Waals surface area contributed by atoms with E-state index in [1.165, 1.54) is 0 Å². The van der Waals surface area contributed by atoms with Gasteiger partial charge in [0, 0.05) is 11.6 Å². The zero-order valence-electron chi connectivity index (χ0n) is 11.2. The fraction of sp³-hybridized carbons (Fsp3) is 0.0625. The first-order valence-electron chi connectivity index (χ1n) is 6.32. The minimum atomic E-state index is -0.460. The Kier molecular flexibility index (Phi) is 3.43. The van der Waals surface area contributed by atoms with Crippen molar-refractivity contribution >= 4 is 27.0 Å². The molecule has 3 aromatic rings.